The Morgan fingerprint density at radius 1 is 1.05 bits per heavy atom. The quantitative estimate of drug-likeness (QED) is 0.874. The smallest absolute Gasteiger partial charge is 0.258 e. The second-order valence-electron chi connectivity index (χ2n) is 4.37. The number of para-hydroxylation sites is 1. The fourth-order valence-electron chi connectivity index (χ4n) is 1.78. The molecule has 98 valence electrons. The van der Waals surface area contributed by atoms with Gasteiger partial charge in [0.15, 0.2) is 0 Å². The first-order valence-electron chi connectivity index (χ1n) is 5.81. The molecule has 0 saturated carbocycles. The van der Waals surface area contributed by atoms with Gasteiger partial charge >= 0.3 is 0 Å². The molecule has 0 aliphatic heterocycles. The zero-order valence-corrected chi connectivity index (χ0v) is 10.6. The number of halogens is 2. The molecule has 2 aromatic carbocycles. The minimum absolute atomic E-state index is 0.0764. The lowest BCUT2D eigenvalue weighted by atomic mass is 10.1. The fraction of sp³-hybridized carbons (Fsp3) is 0.133. The van der Waals surface area contributed by atoms with Crippen molar-refractivity contribution in [3.63, 3.8) is 0 Å². The monoisotopic (exact) mass is 261 g/mol. The molecule has 0 atom stereocenters. The number of aryl methyl sites for hydroxylation is 2. The van der Waals surface area contributed by atoms with Crippen LogP contribution < -0.4 is 5.32 Å². The topological polar surface area (TPSA) is 29.1 Å². The van der Waals surface area contributed by atoms with Crippen molar-refractivity contribution in [3.8, 4) is 0 Å². The highest BCUT2D eigenvalue weighted by atomic mass is 19.1. The molecule has 1 N–H and O–H groups in total. The van der Waals surface area contributed by atoms with E-state index in [0.29, 0.717) is 5.56 Å². The molecule has 0 unspecified atom stereocenters. The minimum Gasteiger partial charge on any atom is -0.319 e. The maximum atomic E-state index is 13.7. The summed E-state index contributed by atoms with van der Waals surface area (Å²) in [7, 11) is 0. The summed E-state index contributed by atoms with van der Waals surface area (Å²) in [5.41, 5.74) is 1.28. The van der Waals surface area contributed by atoms with Gasteiger partial charge in [-0.3, -0.25) is 4.79 Å². The van der Waals surface area contributed by atoms with Gasteiger partial charge in [-0.25, -0.2) is 8.78 Å². The molecular weight excluding hydrogens is 248 g/mol. The second kappa shape index (κ2) is 5.18. The maximum absolute atomic E-state index is 13.7. The Kier molecular flexibility index (Phi) is 3.60. The van der Waals surface area contributed by atoms with Crippen molar-refractivity contribution in [2.75, 3.05) is 5.32 Å². The van der Waals surface area contributed by atoms with Crippen LogP contribution in [0.2, 0.25) is 0 Å². The number of rotatable bonds is 2. The van der Waals surface area contributed by atoms with Crippen LogP contribution in [0.1, 0.15) is 21.5 Å². The van der Waals surface area contributed by atoms with Crippen LogP contribution in [0.3, 0.4) is 0 Å². The Balaban J connectivity index is 2.31. The summed E-state index contributed by atoms with van der Waals surface area (Å²) in [6, 6.07) is 8.75. The summed E-state index contributed by atoms with van der Waals surface area (Å²) in [6.07, 6.45) is 0. The van der Waals surface area contributed by atoms with Crippen LogP contribution in [0.15, 0.2) is 36.4 Å². The van der Waals surface area contributed by atoms with Crippen molar-refractivity contribution in [3.05, 3.63) is 64.7 Å². The average molecular weight is 261 g/mol. The SMILES string of the molecule is Cc1ccc(C(=O)Nc2c(C)cccc2F)c(F)c1. The first-order chi connectivity index (χ1) is 8.99. The van der Waals surface area contributed by atoms with E-state index in [4.69, 9.17) is 0 Å². The van der Waals surface area contributed by atoms with Crippen molar-refractivity contribution in [1.82, 2.24) is 0 Å². The van der Waals surface area contributed by atoms with Crippen molar-refractivity contribution in [2.24, 2.45) is 0 Å². The zero-order chi connectivity index (χ0) is 14.0. The zero-order valence-electron chi connectivity index (χ0n) is 10.6. The summed E-state index contributed by atoms with van der Waals surface area (Å²) in [5.74, 6) is -1.82. The van der Waals surface area contributed by atoms with E-state index in [2.05, 4.69) is 5.32 Å². The van der Waals surface area contributed by atoms with Gasteiger partial charge in [0.25, 0.3) is 5.91 Å². The minimum atomic E-state index is -0.661. The van der Waals surface area contributed by atoms with Crippen molar-refractivity contribution >= 4 is 11.6 Å². The molecule has 1 amide bonds. The predicted octanol–water partition coefficient (Wildman–Crippen LogP) is 3.83. The molecular formula is C15H13F2NO. The van der Waals surface area contributed by atoms with Crippen LogP contribution >= 0.6 is 0 Å². The van der Waals surface area contributed by atoms with E-state index in [-0.39, 0.29) is 11.3 Å². The van der Waals surface area contributed by atoms with E-state index in [1.807, 2.05) is 0 Å². The average Bonchev–Trinajstić information content (AvgIpc) is 2.33. The third-order valence-corrected chi connectivity index (χ3v) is 2.83. The molecule has 0 radical (unpaired) electrons. The molecule has 2 rings (SSSR count). The Morgan fingerprint density at radius 2 is 1.79 bits per heavy atom. The van der Waals surface area contributed by atoms with E-state index >= 15 is 0 Å². The molecule has 19 heavy (non-hydrogen) atoms. The molecule has 0 bridgehead atoms. The highest BCUT2D eigenvalue weighted by Crippen LogP contribution is 2.20. The first kappa shape index (κ1) is 13.2. The molecule has 0 aliphatic rings. The van der Waals surface area contributed by atoms with E-state index in [1.165, 1.54) is 18.2 Å². The summed E-state index contributed by atoms with van der Waals surface area (Å²) in [5, 5.41) is 2.40. The third-order valence-electron chi connectivity index (χ3n) is 2.83. The fourth-order valence-corrected chi connectivity index (χ4v) is 1.78. The normalized spacial score (nSPS) is 10.3. The van der Waals surface area contributed by atoms with Gasteiger partial charge in [-0.1, -0.05) is 18.2 Å². The van der Waals surface area contributed by atoms with E-state index in [0.717, 1.165) is 5.56 Å². The molecule has 0 fully saturated rings. The van der Waals surface area contributed by atoms with Crippen LogP contribution in [0.5, 0.6) is 0 Å². The van der Waals surface area contributed by atoms with Gasteiger partial charge in [-0.2, -0.15) is 0 Å². The molecule has 2 nitrogen and oxygen atoms in total. The summed E-state index contributed by atoms with van der Waals surface area (Å²) < 4.78 is 27.2. The lowest BCUT2D eigenvalue weighted by Gasteiger charge is -2.10. The Morgan fingerprint density at radius 3 is 2.42 bits per heavy atom. The van der Waals surface area contributed by atoms with Gasteiger partial charge in [0.05, 0.1) is 11.3 Å². The molecule has 0 aromatic heterocycles. The molecule has 0 saturated heterocycles. The van der Waals surface area contributed by atoms with E-state index < -0.39 is 17.5 Å². The summed E-state index contributed by atoms with van der Waals surface area (Å²) >= 11 is 0. The number of amides is 1. The number of carbonyl (C=O) groups is 1. The van der Waals surface area contributed by atoms with Gasteiger partial charge < -0.3 is 5.32 Å². The molecule has 0 aliphatic carbocycles. The van der Waals surface area contributed by atoms with Gasteiger partial charge in [0.1, 0.15) is 11.6 Å². The maximum Gasteiger partial charge on any atom is 0.258 e. The first-order valence-corrected chi connectivity index (χ1v) is 5.81. The van der Waals surface area contributed by atoms with E-state index in [9.17, 15) is 13.6 Å². The Hall–Kier alpha value is -2.23. The Bertz CT molecular complexity index is 618. The highest BCUT2D eigenvalue weighted by Gasteiger charge is 2.14. The van der Waals surface area contributed by atoms with Crippen molar-refractivity contribution < 1.29 is 13.6 Å². The van der Waals surface area contributed by atoms with Gasteiger partial charge in [-0.05, 0) is 43.2 Å². The number of anilines is 1. The van der Waals surface area contributed by atoms with Crippen molar-refractivity contribution in [2.45, 2.75) is 13.8 Å². The summed E-state index contributed by atoms with van der Waals surface area (Å²) in [6.45, 7) is 3.40. The molecule has 2 aromatic rings. The molecule has 0 heterocycles. The van der Waals surface area contributed by atoms with Crippen LogP contribution in [-0.4, -0.2) is 5.91 Å². The lowest BCUT2D eigenvalue weighted by molar-refractivity contribution is 0.102. The number of hydrogen-bond acceptors (Lipinski definition) is 1. The van der Waals surface area contributed by atoms with Gasteiger partial charge in [0, 0.05) is 0 Å². The van der Waals surface area contributed by atoms with E-state index in [1.54, 1.807) is 32.0 Å². The molecule has 0 spiro atoms. The number of benzene rings is 2. The van der Waals surface area contributed by atoms with Crippen LogP contribution in [0.4, 0.5) is 14.5 Å². The van der Waals surface area contributed by atoms with Crippen LogP contribution in [0, 0.1) is 25.5 Å². The second-order valence-corrected chi connectivity index (χ2v) is 4.37. The van der Waals surface area contributed by atoms with Gasteiger partial charge in [-0.15, -0.1) is 0 Å². The number of nitrogens with one attached hydrogen (secondary N) is 1. The number of hydrogen-bond donors (Lipinski definition) is 1. The predicted molar refractivity (Wildman–Crippen MR) is 70.2 cm³/mol. The van der Waals surface area contributed by atoms with Crippen LogP contribution in [0.25, 0.3) is 0 Å². The lowest BCUT2D eigenvalue weighted by Crippen LogP contribution is -2.15. The highest BCUT2D eigenvalue weighted by molar-refractivity contribution is 6.04. The molecule has 4 heteroatoms. The summed E-state index contributed by atoms with van der Waals surface area (Å²) in [4.78, 5) is 11.9. The Labute approximate surface area is 110 Å². The largest absolute Gasteiger partial charge is 0.319 e. The van der Waals surface area contributed by atoms with Crippen LogP contribution in [-0.2, 0) is 0 Å². The number of carbonyl (C=O) groups excluding carboxylic acids is 1. The third kappa shape index (κ3) is 2.78. The van der Waals surface area contributed by atoms with Gasteiger partial charge in [0.2, 0.25) is 0 Å². The van der Waals surface area contributed by atoms with Crippen molar-refractivity contribution in [1.29, 1.82) is 0 Å². The standard InChI is InChI=1S/C15H13F2NO/c1-9-6-7-11(13(17)8-9)15(19)18-14-10(2)4-3-5-12(14)16/h3-8H,1-2H3,(H,18,19).